The van der Waals surface area contributed by atoms with Crippen LogP contribution in [0.2, 0.25) is 0 Å². The molecule has 0 atom stereocenters. The van der Waals surface area contributed by atoms with Crippen molar-refractivity contribution in [2.75, 3.05) is 0 Å². The summed E-state index contributed by atoms with van der Waals surface area (Å²) in [4.78, 5) is 0. The van der Waals surface area contributed by atoms with Crippen molar-refractivity contribution in [3.05, 3.63) is 49.2 Å². The van der Waals surface area contributed by atoms with Crippen LogP contribution in [0.15, 0.2) is 30.3 Å². The Hall–Kier alpha value is -0.144. The fourth-order valence-electron chi connectivity index (χ4n) is 0.858. The van der Waals surface area contributed by atoms with Crippen LogP contribution in [0.1, 0.15) is 18.4 Å². The minimum atomic E-state index is 0. The normalized spacial score (nSPS) is 8.45. The van der Waals surface area contributed by atoms with E-state index in [9.17, 15) is 0 Å². The summed E-state index contributed by atoms with van der Waals surface area (Å²) in [5, 5.41) is 0. The van der Waals surface area contributed by atoms with E-state index in [1.807, 2.05) is 6.07 Å². The maximum Gasteiger partial charge on any atom is 2.00 e. The van der Waals surface area contributed by atoms with E-state index in [2.05, 4.69) is 37.6 Å². The summed E-state index contributed by atoms with van der Waals surface area (Å²) in [6.45, 7) is 3.77. The third-order valence-corrected chi connectivity index (χ3v) is 1.38. The first-order chi connectivity index (χ1) is 4.93. The molecule has 0 aliphatic heterocycles. The Morgan fingerprint density at radius 1 is 1.18 bits per heavy atom. The van der Waals surface area contributed by atoms with Crippen molar-refractivity contribution in [3.63, 3.8) is 0 Å². The molecule has 1 heteroatoms. The van der Waals surface area contributed by atoms with E-state index < -0.39 is 0 Å². The molecule has 0 amide bonds. The molecule has 0 aliphatic carbocycles. The van der Waals surface area contributed by atoms with Crippen LogP contribution in [0.5, 0.6) is 0 Å². The van der Waals surface area contributed by atoms with E-state index in [1.54, 1.807) is 0 Å². The Balaban J connectivity index is 0.000001000. The molecule has 0 bridgehead atoms. The van der Waals surface area contributed by atoms with Gasteiger partial charge in [-0.05, 0) is 0 Å². The molecule has 0 spiro atoms. The Morgan fingerprint density at radius 3 is 2.36 bits per heavy atom. The first-order valence-electron chi connectivity index (χ1n) is 3.61. The van der Waals surface area contributed by atoms with Crippen molar-refractivity contribution in [3.8, 4) is 0 Å². The van der Waals surface area contributed by atoms with Crippen molar-refractivity contribution in [1.82, 2.24) is 0 Å². The molecule has 0 N–H and O–H groups in total. The molecule has 0 unspecified atom stereocenters. The summed E-state index contributed by atoms with van der Waals surface area (Å²) in [6, 6.07) is 10.3. The van der Waals surface area contributed by atoms with Crippen molar-refractivity contribution < 1.29 is 0 Å². The fourth-order valence-corrected chi connectivity index (χ4v) is 0.858. The fraction of sp³-hybridized carbons (Fsp3) is 0.200. The maximum absolute atomic E-state index is 3.77. The van der Waals surface area contributed by atoms with Crippen LogP contribution < -0.4 is 0 Å². The zero-order valence-corrected chi connectivity index (χ0v) is 8.21. The van der Waals surface area contributed by atoms with Gasteiger partial charge in [0.25, 0.3) is 0 Å². The average Bonchev–Trinajstić information content (AvgIpc) is 2.03. The summed E-state index contributed by atoms with van der Waals surface area (Å²) in [7, 11) is 0. The van der Waals surface area contributed by atoms with Crippen molar-refractivity contribution >= 4 is 23.1 Å². The Labute approximate surface area is 85.2 Å². The molecule has 1 aromatic carbocycles. The third kappa shape index (κ3) is 4.33. The Morgan fingerprint density at radius 2 is 1.82 bits per heavy atom. The van der Waals surface area contributed by atoms with Crippen molar-refractivity contribution in [2.24, 2.45) is 0 Å². The molecule has 0 saturated heterocycles. The number of benzene rings is 1. The second-order valence-corrected chi connectivity index (χ2v) is 2.26. The van der Waals surface area contributed by atoms with Crippen LogP contribution >= 0.6 is 0 Å². The van der Waals surface area contributed by atoms with Gasteiger partial charge in [0.05, 0.1) is 0 Å². The molecular formula is C10H12Mg. The van der Waals surface area contributed by atoms with Crippen LogP contribution in [0.25, 0.3) is 0 Å². The topological polar surface area (TPSA) is 0 Å². The number of hydrogen-bond acceptors (Lipinski definition) is 0. The van der Waals surface area contributed by atoms with Gasteiger partial charge in [-0.25, -0.2) is 0 Å². The van der Waals surface area contributed by atoms with Gasteiger partial charge in [0.2, 0.25) is 0 Å². The molecule has 0 saturated carbocycles. The van der Waals surface area contributed by atoms with E-state index >= 15 is 0 Å². The van der Waals surface area contributed by atoms with Gasteiger partial charge in [-0.1, -0.05) is 6.07 Å². The molecular weight excluding hydrogens is 144 g/mol. The molecule has 0 heterocycles. The van der Waals surface area contributed by atoms with E-state index in [1.165, 1.54) is 5.56 Å². The molecule has 0 radical (unpaired) electrons. The minimum absolute atomic E-state index is 0. The number of rotatable bonds is 3. The van der Waals surface area contributed by atoms with E-state index in [4.69, 9.17) is 0 Å². The van der Waals surface area contributed by atoms with E-state index in [0.29, 0.717) is 0 Å². The average molecular weight is 157 g/mol. The van der Waals surface area contributed by atoms with Crippen LogP contribution in [0.3, 0.4) is 0 Å². The van der Waals surface area contributed by atoms with Crippen molar-refractivity contribution in [2.45, 2.75) is 12.8 Å². The summed E-state index contributed by atoms with van der Waals surface area (Å²) < 4.78 is 0. The summed E-state index contributed by atoms with van der Waals surface area (Å²) >= 11 is 0. The standard InChI is InChI=1S/C10H12.Mg/c1-2-3-7-10-8-5-4-6-9-10;/h4-9H,1-3H2;/q-2;+2. The van der Waals surface area contributed by atoms with Gasteiger partial charge in [-0.3, -0.25) is 0 Å². The molecule has 1 aromatic rings. The first kappa shape index (κ1) is 10.9. The molecule has 11 heavy (non-hydrogen) atoms. The second kappa shape index (κ2) is 6.56. The molecule has 0 aromatic heterocycles. The predicted molar refractivity (Wildman–Crippen MR) is 50.2 cm³/mol. The van der Waals surface area contributed by atoms with Crippen LogP contribution in [-0.4, -0.2) is 23.1 Å². The molecule has 0 nitrogen and oxygen atoms in total. The maximum atomic E-state index is 3.77. The van der Waals surface area contributed by atoms with Crippen LogP contribution in [0, 0.1) is 13.3 Å². The zero-order valence-electron chi connectivity index (χ0n) is 6.79. The van der Waals surface area contributed by atoms with Gasteiger partial charge in [-0.2, -0.15) is 30.5 Å². The van der Waals surface area contributed by atoms with Gasteiger partial charge in [-0.15, -0.1) is 18.6 Å². The SMILES string of the molecule is [CH2-]CC[CH-]c1ccccc1.[Mg+2]. The second-order valence-electron chi connectivity index (χ2n) is 2.26. The molecule has 0 fully saturated rings. The third-order valence-electron chi connectivity index (χ3n) is 1.38. The van der Waals surface area contributed by atoms with Gasteiger partial charge in [0, 0.05) is 0 Å². The quantitative estimate of drug-likeness (QED) is 0.466. The van der Waals surface area contributed by atoms with Gasteiger partial charge < -0.3 is 6.92 Å². The van der Waals surface area contributed by atoms with E-state index in [-0.39, 0.29) is 23.1 Å². The summed E-state index contributed by atoms with van der Waals surface area (Å²) in [6.07, 6.45) is 4.26. The van der Waals surface area contributed by atoms with Crippen LogP contribution in [-0.2, 0) is 0 Å². The van der Waals surface area contributed by atoms with Crippen molar-refractivity contribution in [1.29, 1.82) is 0 Å². The predicted octanol–water partition coefficient (Wildman–Crippen LogP) is 2.47. The van der Waals surface area contributed by atoms with E-state index in [0.717, 1.165) is 12.8 Å². The first-order valence-corrected chi connectivity index (χ1v) is 3.61. The largest absolute Gasteiger partial charge is 2.00 e. The Kier molecular flexibility index (Phi) is 6.47. The van der Waals surface area contributed by atoms with Gasteiger partial charge in [0.1, 0.15) is 0 Å². The molecule has 1 rings (SSSR count). The molecule has 0 aliphatic rings. The molecule has 54 valence electrons. The monoisotopic (exact) mass is 156 g/mol. The summed E-state index contributed by atoms with van der Waals surface area (Å²) in [5.41, 5.74) is 1.30. The Bertz CT molecular complexity index is 169. The van der Waals surface area contributed by atoms with Gasteiger partial charge >= 0.3 is 23.1 Å². The minimum Gasteiger partial charge on any atom is -0.344 e. The summed E-state index contributed by atoms with van der Waals surface area (Å²) in [5.74, 6) is 0. The van der Waals surface area contributed by atoms with Gasteiger partial charge in [0.15, 0.2) is 0 Å². The smallest absolute Gasteiger partial charge is 0.344 e. The zero-order chi connectivity index (χ0) is 7.23. The number of hydrogen-bond donors (Lipinski definition) is 0. The van der Waals surface area contributed by atoms with Crippen LogP contribution in [0.4, 0.5) is 0 Å². The number of unbranched alkanes of at least 4 members (excludes halogenated alkanes) is 1.